The Morgan fingerprint density at radius 3 is 2.62 bits per heavy atom. The first-order chi connectivity index (χ1) is 10.1. The number of aryl methyl sites for hydroxylation is 1. The van der Waals surface area contributed by atoms with Gasteiger partial charge >= 0.3 is 0 Å². The second-order valence-electron chi connectivity index (χ2n) is 4.69. The molecule has 0 aliphatic rings. The van der Waals surface area contributed by atoms with Crippen molar-refractivity contribution in [2.45, 2.75) is 11.4 Å². The normalized spacial score (nSPS) is 11.9. The lowest BCUT2D eigenvalue weighted by Gasteiger charge is -2.07. The van der Waals surface area contributed by atoms with E-state index in [-0.39, 0.29) is 11.4 Å². The molecule has 108 valence electrons. The van der Waals surface area contributed by atoms with E-state index in [1.165, 1.54) is 6.33 Å². The van der Waals surface area contributed by atoms with Crippen LogP contribution in [0, 0.1) is 0 Å². The van der Waals surface area contributed by atoms with Crippen molar-refractivity contribution < 1.29 is 8.42 Å². The summed E-state index contributed by atoms with van der Waals surface area (Å²) in [5.74, 6) is 0.555. The van der Waals surface area contributed by atoms with Gasteiger partial charge in [-0.1, -0.05) is 30.3 Å². The molecule has 1 heterocycles. The third-order valence-corrected chi connectivity index (χ3v) is 4.66. The number of hydrogen-bond acceptors (Lipinski definition) is 4. The molecule has 0 radical (unpaired) electrons. The number of fused-ring (bicyclic) bond motifs is 1. The zero-order valence-corrected chi connectivity index (χ0v) is 12.2. The molecule has 2 aromatic carbocycles. The molecule has 0 aliphatic heterocycles. The van der Waals surface area contributed by atoms with Crippen LogP contribution in [-0.2, 0) is 23.6 Å². The Bertz CT molecular complexity index is 887. The van der Waals surface area contributed by atoms with Gasteiger partial charge in [-0.2, -0.15) is 0 Å². The van der Waals surface area contributed by atoms with E-state index < -0.39 is 10.0 Å². The maximum atomic E-state index is 12.3. The maximum absolute atomic E-state index is 12.3. The summed E-state index contributed by atoms with van der Waals surface area (Å²) < 4.78 is 28.8. The summed E-state index contributed by atoms with van der Waals surface area (Å²) in [6.45, 7) is 0.103. The first-order valence-electron chi connectivity index (χ1n) is 6.37. The lowest BCUT2D eigenvalue weighted by Crippen LogP contribution is -2.24. The van der Waals surface area contributed by atoms with Crippen molar-refractivity contribution in [2.75, 3.05) is 0 Å². The molecule has 0 saturated carbocycles. The highest BCUT2D eigenvalue weighted by atomic mass is 32.2. The molecular weight excluding hydrogens is 288 g/mol. The molecule has 0 spiro atoms. The summed E-state index contributed by atoms with van der Waals surface area (Å²) in [5.41, 5.74) is 0. The minimum atomic E-state index is -3.58. The molecular formula is C14H14N4O2S. The number of nitrogens with zero attached hydrogens (tertiary/aromatic N) is 3. The van der Waals surface area contributed by atoms with E-state index in [4.69, 9.17) is 0 Å². The Hall–Kier alpha value is -2.25. The van der Waals surface area contributed by atoms with Crippen LogP contribution in [0.1, 0.15) is 5.82 Å². The van der Waals surface area contributed by atoms with Crippen molar-refractivity contribution >= 4 is 20.8 Å². The van der Waals surface area contributed by atoms with Crippen LogP contribution in [-0.4, -0.2) is 23.2 Å². The Labute approximate surface area is 122 Å². The molecule has 0 fully saturated rings. The van der Waals surface area contributed by atoms with Gasteiger partial charge in [-0.25, -0.2) is 13.1 Å². The average molecular weight is 302 g/mol. The summed E-state index contributed by atoms with van der Waals surface area (Å²) in [7, 11) is -1.81. The van der Waals surface area contributed by atoms with E-state index in [1.54, 1.807) is 29.8 Å². The van der Waals surface area contributed by atoms with Crippen molar-refractivity contribution in [3.8, 4) is 0 Å². The zero-order chi connectivity index (χ0) is 14.9. The third kappa shape index (κ3) is 2.79. The van der Waals surface area contributed by atoms with Gasteiger partial charge in [-0.3, -0.25) is 0 Å². The monoisotopic (exact) mass is 302 g/mol. The highest BCUT2D eigenvalue weighted by Gasteiger charge is 2.15. The van der Waals surface area contributed by atoms with E-state index in [1.807, 2.05) is 24.3 Å². The molecule has 0 aliphatic carbocycles. The summed E-state index contributed by atoms with van der Waals surface area (Å²) >= 11 is 0. The zero-order valence-electron chi connectivity index (χ0n) is 11.4. The quantitative estimate of drug-likeness (QED) is 0.791. The average Bonchev–Trinajstić information content (AvgIpc) is 2.90. The molecule has 1 aromatic heterocycles. The SMILES string of the molecule is Cn1cnnc1CNS(=O)(=O)c1ccc2ccccc2c1. The Morgan fingerprint density at radius 1 is 1.14 bits per heavy atom. The maximum Gasteiger partial charge on any atom is 0.240 e. The second kappa shape index (κ2) is 5.27. The van der Waals surface area contributed by atoms with Gasteiger partial charge in [0.2, 0.25) is 10.0 Å². The van der Waals surface area contributed by atoms with Gasteiger partial charge < -0.3 is 4.57 Å². The molecule has 1 N–H and O–H groups in total. The first-order valence-corrected chi connectivity index (χ1v) is 7.86. The molecule has 3 rings (SSSR count). The van der Waals surface area contributed by atoms with Crippen LogP contribution in [0.15, 0.2) is 53.7 Å². The van der Waals surface area contributed by atoms with Gasteiger partial charge in [0.05, 0.1) is 11.4 Å². The topological polar surface area (TPSA) is 76.9 Å². The summed E-state index contributed by atoms with van der Waals surface area (Å²) in [6, 6.07) is 12.7. The molecule has 0 bridgehead atoms. The van der Waals surface area contributed by atoms with E-state index in [9.17, 15) is 8.42 Å². The lowest BCUT2D eigenvalue weighted by atomic mass is 10.1. The van der Waals surface area contributed by atoms with Crippen LogP contribution in [0.4, 0.5) is 0 Å². The number of aromatic nitrogens is 3. The lowest BCUT2D eigenvalue weighted by molar-refractivity contribution is 0.577. The summed E-state index contributed by atoms with van der Waals surface area (Å²) in [5, 5.41) is 9.46. The minimum absolute atomic E-state index is 0.103. The number of rotatable bonds is 4. The number of sulfonamides is 1. The van der Waals surface area contributed by atoms with Gasteiger partial charge in [-0.05, 0) is 22.9 Å². The van der Waals surface area contributed by atoms with Crippen LogP contribution in [0.5, 0.6) is 0 Å². The number of nitrogens with one attached hydrogen (secondary N) is 1. The molecule has 0 unspecified atom stereocenters. The highest BCUT2D eigenvalue weighted by Crippen LogP contribution is 2.18. The van der Waals surface area contributed by atoms with Gasteiger partial charge in [-0.15, -0.1) is 10.2 Å². The molecule has 0 saturated heterocycles. The van der Waals surface area contributed by atoms with E-state index >= 15 is 0 Å². The van der Waals surface area contributed by atoms with Gasteiger partial charge in [0.15, 0.2) is 0 Å². The van der Waals surface area contributed by atoms with E-state index in [2.05, 4.69) is 14.9 Å². The van der Waals surface area contributed by atoms with E-state index in [0.717, 1.165) is 10.8 Å². The minimum Gasteiger partial charge on any atom is -0.320 e. The van der Waals surface area contributed by atoms with Crippen LogP contribution in [0.3, 0.4) is 0 Å². The molecule has 0 amide bonds. The second-order valence-corrected chi connectivity index (χ2v) is 6.46. The van der Waals surface area contributed by atoms with Gasteiger partial charge in [0.1, 0.15) is 12.2 Å². The molecule has 3 aromatic rings. The summed E-state index contributed by atoms with van der Waals surface area (Å²) in [6.07, 6.45) is 1.53. The van der Waals surface area contributed by atoms with Crippen molar-refractivity contribution in [1.82, 2.24) is 19.5 Å². The fourth-order valence-electron chi connectivity index (χ4n) is 2.04. The fraction of sp³-hybridized carbons (Fsp3) is 0.143. The fourth-order valence-corrected chi connectivity index (χ4v) is 3.06. The van der Waals surface area contributed by atoms with Crippen molar-refractivity contribution in [2.24, 2.45) is 7.05 Å². The van der Waals surface area contributed by atoms with Crippen LogP contribution < -0.4 is 4.72 Å². The highest BCUT2D eigenvalue weighted by molar-refractivity contribution is 7.89. The van der Waals surface area contributed by atoms with Crippen LogP contribution in [0.25, 0.3) is 10.8 Å². The van der Waals surface area contributed by atoms with Gasteiger partial charge in [0, 0.05) is 7.05 Å². The van der Waals surface area contributed by atoms with Crippen molar-refractivity contribution in [1.29, 1.82) is 0 Å². The molecule has 0 atom stereocenters. The first kappa shape index (κ1) is 13.7. The smallest absolute Gasteiger partial charge is 0.240 e. The predicted octanol–water partition coefficient (Wildman–Crippen LogP) is 1.45. The van der Waals surface area contributed by atoms with Crippen molar-refractivity contribution in [3.05, 3.63) is 54.6 Å². The van der Waals surface area contributed by atoms with Gasteiger partial charge in [0.25, 0.3) is 0 Å². The number of hydrogen-bond donors (Lipinski definition) is 1. The molecule has 7 heteroatoms. The molecule has 21 heavy (non-hydrogen) atoms. The Kier molecular flexibility index (Phi) is 3.44. The van der Waals surface area contributed by atoms with Crippen LogP contribution in [0.2, 0.25) is 0 Å². The largest absolute Gasteiger partial charge is 0.320 e. The predicted molar refractivity (Wildman–Crippen MR) is 79.0 cm³/mol. The van der Waals surface area contributed by atoms with Crippen molar-refractivity contribution in [3.63, 3.8) is 0 Å². The summed E-state index contributed by atoms with van der Waals surface area (Å²) in [4.78, 5) is 0.239. The Morgan fingerprint density at radius 2 is 1.90 bits per heavy atom. The van der Waals surface area contributed by atoms with Crippen LogP contribution >= 0.6 is 0 Å². The number of benzene rings is 2. The molecule has 6 nitrogen and oxygen atoms in total. The standard InChI is InChI=1S/C14H14N4O2S/c1-18-10-15-17-14(18)9-16-21(19,20)13-7-6-11-4-2-3-5-12(11)8-13/h2-8,10,16H,9H2,1H3. The third-order valence-electron chi connectivity index (χ3n) is 3.26. The van der Waals surface area contributed by atoms with E-state index in [0.29, 0.717) is 5.82 Å². The Balaban J connectivity index is 1.87.